The van der Waals surface area contributed by atoms with E-state index in [1.165, 1.54) is 0 Å². The van der Waals surface area contributed by atoms with Gasteiger partial charge in [0.1, 0.15) is 0 Å². The summed E-state index contributed by atoms with van der Waals surface area (Å²) >= 11 is 0. The second-order valence-electron chi connectivity index (χ2n) is 6.45. The third kappa shape index (κ3) is 6.39. The van der Waals surface area contributed by atoms with Crippen LogP contribution in [0.1, 0.15) is 47.5 Å². The van der Waals surface area contributed by atoms with E-state index in [2.05, 4.69) is 39.5 Å². The molecule has 102 valence electrons. The predicted molar refractivity (Wildman–Crippen MR) is 71.1 cm³/mol. The summed E-state index contributed by atoms with van der Waals surface area (Å²) in [5.41, 5.74) is -0.215. The molecule has 17 heavy (non-hydrogen) atoms. The van der Waals surface area contributed by atoms with E-state index in [1.807, 2.05) is 0 Å². The fourth-order valence-corrected chi connectivity index (χ4v) is 2.08. The lowest BCUT2D eigenvalue weighted by atomic mass is 10.00. The van der Waals surface area contributed by atoms with Gasteiger partial charge in [0.05, 0.1) is 11.7 Å². The summed E-state index contributed by atoms with van der Waals surface area (Å²) in [7, 11) is 0. The summed E-state index contributed by atoms with van der Waals surface area (Å²) in [6.07, 6.45) is 1.53. The number of hydrogen-bond acceptors (Lipinski definition) is 3. The molecule has 0 radical (unpaired) electrons. The molecule has 0 aromatic rings. The lowest BCUT2D eigenvalue weighted by molar-refractivity contribution is -0.0540. The Kier molecular flexibility index (Phi) is 5.42. The molecule has 1 fully saturated rings. The van der Waals surface area contributed by atoms with Crippen molar-refractivity contribution in [2.75, 3.05) is 19.7 Å². The topological polar surface area (TPSA) is 32.5 Å². The van der Waals surface area contributed by atoms with Crippen LogP contribution in [0.15, 0.2) is 0 Å². The number of aliphatic hydroxyl groups excluding tert-OH is 1. The number of aliphatic hydroxyl groups is 1. The fraction of sp³-hybridized carbons (Fsp3) is 1.00. The third-order valence-corrected chi connectivity index (χ3v) is 3.35. The van der Waals surface area contributed by atoms with Crippen LogP contribution >= 0.6 is 0 Å². The highest BCUT2D eigenvalue weighted by Gasteiger charge is 2.32. The first-order valence-electron chi connectivity index (χ1n) is 6.86. The molecular formula is C14H29NO2. The number of rotatable bonds is 8. The molecule has 3 heteroatoms. The van der Waals surface area contributed by atoms with Gasteiger partial charge in [-0.05, 0) is 33.1 Å². The van der Waals surface area contributed by atoms with Crippen molar-refractivity contribution in [3.63, 3.8) is 0 Å². The van der Waals surface area contributed by atoms with Crippen LogP contribution < -0.4 is 0 Å². The fourth-order valence-electron chi connectivity index (χ4n) is 2.08. The lowest BCUT2D eigenvalue weighted by Crippen LogP contribution is -2.34. The van der Waals surface area contributed by atoms with Crippen molar-refractivity contribution in [1.82, 2.24) is 4.90 Å². The van der Waals surface area contributed by atoms with Crippen molar-refractivity contribution in [2.24, 2.45) is 5.92 Å². The molecule has 0 bridgehead atoms. The molecule has 1 N–H and O–H groups in total. The Morgan fingerprint density at radius 1 is 1.41 bits per heavy atom. The quantitative estimate of drug-likeness (QED) is 0.664. The molecule has 0 saturated carbocycles. The summed E-state index contributed by atoms with van der Waals surface area (Å²) in [4.78, 5) is 2.29. The highest BCUT2D eigenvalue weighted by atomic mass is 16.5. The number of nitrogens with zero attached hydrogens (tertiary/aromatic N) is 1. The zero-order valence-electron chi connectivity index (χ0n) is 12.1. The maximum absolute atomic E-state index is 10.00. The Labute approximate surface area is 106 Å². The maximum Gasteiger partial charge on any atom is 0.0694 e. The number of ether oxygens (including phenoxy) is 1. The van der Waals surface area contributed by atoms with E-state index in [9.17, 15) is 5.11 Å². The van der Waals surface area contributed by atoms with Gasteiger partial charge in [0.25, 0.3) is 0 Å². The van der Waals surface area contributed by atoms with Gasteiger partial charge in [0.2, 0.25) is 0 Å². The van der Waals surface area contributed by atoms with Gasteiger partial charge in [-0.1, -0.05) is 13.8 Å². The standard InChI is InChI=1S/C14H29NO2/c1-11(2)6-7-17-14(4,5)8-13(16)10-15-9-12(15)3/h11-13,16H,6-10H2,1-5H3. The summed E-state index contributed by atoms with van der Waals surface area (Å²) in [5.74, 6) is 0.675. The summed E-state index contributed by atoms with van der Waals surface area (Å²) in [6, 6.07) is 0.662. The summed E-state index contributed by atoms with van der Waals surface area (Å²) < 4.78 is 5.86. The Hall–Kier alpha value is -0.120. The van der Waals surface area contributed by atoms with E-state index in [0.717, 1.165) is 26.1 Å². The first-order valence-corrected chi connectivity index (χ1v) is 6.86. The zero-order chi connectivity index (χ0) is 13.1. The number of β-amino-alcohol motifs (C(OH)–C–C–N with tert-alkyl or cyclic N) is 1. The minimum Gasteiger partial charge on any atom is -0.392 e. The van der Waals surface area contributed by atoms with Crippen molar-refractivity contribution in [1.29, 1.82) is 0 Å². The van der Waals surface area contributed by atoms with E-state index in [1.54, 1.807) is 0 Å². The second kappa shape index (κ2) is 6.17. The number of hydrogen-bond donors (Lipinski definition) is 1. The monoisotopic (exact) mass is 243 g/mol. The van der Waals surface area contributed by atoms with Gasteiger partial charge in [0, 0.05) is 32.2 Å². The second-order valence-corrected chi connectivity index (χ2v) is 6.45. The van der Waals surface area contributed by atoms with E-state index >= 15 is 0 Å². The van der Waals surface area contributed by atoms with Gasteiger partial charge in [-0.3, -0.25) is 4.90 Å². The lowest BCUT2D eigenvalue weighted by Gasteiger charge is -2.28. The Balaban J connectivity index is 2.17. The maximum atomic E-state index is 10.00. The van der Waals surface area contributed by atoms with Gasteiger partial charge in [-0.25, -0.2) is 0 Å². The van der Waals surface area contributed by atoms with Crippen LogP contribution in [0.2, 0.25) is 0 Å². The molecule has 0 amide bonds. The van der Waals surface area contributed by atoms with E-state index in [-0.39, 0.29) is 11.7 Å². The highest BCUT2D eigenvalue weighted by Crippen LogP contribution is 2.22. The minimum atomic E-state index is -0.269. The molecule has 1 saturated heterocycles. The molecular weight excluding hydrogens is 214 g/mol. The van der Waals surface area contributed by atoms with Crippen LogP contribution in [0.3, 0.4) is 0 Å². The average Bonchev–Trinajstić information content (AvgIpc) is 2.78. The summed E-state index contributed by atoms with van der Waals surface area (Å²) in [6.45, 7) is 13.4. The Morgan fingerprint density at radius 2 is 2.00 bits per heavy atom. The van der Waals surface area contributed by atoms with Crippen molar-refractivity contribution < 1.29 is 9.84 Å². The largest absolute Gasteiger partial charge is 0.392 e. The summed E-state index contributed by atoms with van der Waals surface area (Å²) in [5, 5.41) is 10.00. The molecule has 1 aliphatic heterocycles. The molecule has 3 unspecified atom stereocenters. The van der Waals surface area contributed by atoms with Gasteiger partial charge in [-0.15, -0.1) is 0 Å². The van der Waals surface area contributed by atoms with Gasteiger partial charge in [0.15, 0.2) is 0 Å². The Morgan fingerprint density at radius 3 is 2.47 bits per heavy atom. The van der Waals surface area contributed by atoms with Crippen molar-refractivity contribution in [2.45, 2.75) is 65.2 Å². The van der Waals surface area contributed by atoms with Crippen LogP contribution in [-0.4, -0.2) is 47.4 Å². The molecule has 3 nitrogen and oxygen atoms in total. The van der Waals surface area contributed by atoms with Gasteiger partial charge in [-0.2, -0.15) is 0 Å². The first kappa shape index (κ1) is 14.9. The molecule has 0 aromatic carbocycles. The molecule has 0 spiro atoms. The van der Waals surface area contributed by atoms with Crippen LogP contribution in [0.4, 0.5) is 0 Å². The van der Waals surface area contributed by atoms with E-state index in [4.69, 9.17) is 4.74 Å². The molecule has 3 atom stereocenters. The van der Waals surface area contributed by atoms with E-state index in [0.29, 0.717) is 18.4 Å². The zero-order valence-corrected chi connectivity index (χ0v) is 12.1. The van der Waals surface area contributed by atoms with Crippen LogP contribution in [0, 0.1) is 5.92 Å². The average molecular weight is 243 g/mol. The highest BCUT2D eigenvalue weighted by molar-refractivity contribution is 4.87. The first-order chi connectivity index (χ1) is 7.80. The molecule has 1 heterocycles. The van der Waals surface area contributed by atoms with Crippen molar-refractivity contribution >= 4 is 0 Å². The molecule has 0 aliphatic carbocycles. The van der Waals surface area contributed by atoms with Crippen LogP contribution in [0.25, 0.3) is 0 Å². The molecule has 1 aliphatic rings. The van der Waals surface area contributed by atoms with Crippen LogP contribution in [-0.2, 0) is 4.74 Å². The van der Waals surface area contributed by atoms with Crippen molar-refractivity contribution in [3.8, 4) is 0 Å². The molecule has 1 rings (SSSR count). The minimum absolute atomic E-state index is 0.215. The van der Waals surface area contributed by atoms with Gasteiger partial charge >= 0.3 is 0 Å². The SMILES string of the molecule is CC(C)CCOC(C)(C)CC(O)CN1CC1C. The van der Waals surface area contributed by atoms with Crippen LogP contribution in [0.5, 0.6) is 0 Å². The molecule has 0 aromatic heterocycles. The predicted octanol–water partition coefficient (Wildman–Crippen LogP) is 2.28. The Bertz CT molecular complexity index is 228. The normalized spacial score (nSPS) is 26.3. The van der Waals surface area contributed by atoms with E-state index < -0.39 is 0 Å². The van der Waals surface area contributed by atoms with Gasteiger partial charge < -0.3 is 9.84 Å². The smallest absolute Gasteiger partial charge is 0.0694 e. The van der Waals surface area contributed by atoms with Crippen molar-refractivity contribution in [3.05, 3.63) is 0 Å². The third-order valence-electron chi connectivity index (χ3n) is 3.35.